The van der Waals surface area contributed by atoms with Gasteiger partial charge in [0.1, 0.15) is 5.75 Å². The maximum absolute atomic E-state index is 12.8. The Morgan fingerprint density at radius 3 is 2.34 bits per heavy atom. The van der Waals surface area contributed by atoms with Crippen LogP contribution in [0.4, 0.5) is 13.2 Å². The van der Waals surface area contributed by atoms with Gasteiger partial charge in [-0.25, -0.2) is 0 Å². The Hall–Kier alpha value is -3.33. The van der Waals surface area contributed by atoms with Gasteiger partial charge in [-0.15, -0.1) is 0 Å². The van der Waals surface area contributed by atoms with Gasteiger partial charge in [-0.1, -0.05) is 17.3 Å². The highest BCUT2D eigenvalue weighted by Crippen LogP contribution is 2.30. The fourth-order valence-electron chi connectivity index (χ4n) is 3.17. The van der Waals surface area contributed by atoms with Crippen LogP contribution < -0.4 is 10.1 Å². The lowest BCUT2D eigenvalue weighted by Crippen LogP contribution is -2.34. The highest BCUT2D eigenvalue weighted by Gasteiger charge is 2.30. The maximum atomic E-state index is 12.8. The molecule has 3 rings (SSSR count). The van der Waals surface area contributed by atoms with Gasteiger partial charge in [0.15, 0.2) is 11.5 Å². The minimum atomic E-state index is -4.39. The van der Waals surface area contributed by atoms with Crippen LogP contribution in [0.25, 0.3) is 11.3 Å². The number of nitrogens with one attached hydrogen (secondary N) is 1. The lowest BCUT2D eigenvalue weighted by Gasteiger charge is -2.25. The molecule has 2 aromatic carbocycles. The van der Waals surface area contributed by atoms with Crippen LogP contribution in [-0.2, 0) is 6.18 Å². The first-order chi connectivity index (χ1) is 15.2. The van der Waals surface area contributed by atoms with Crippen molar-refractivity contribution in [3.8, 4) is 17.1 Å². The highest BCUT2D eigenvalue weighted by molar-refractivity contribution is 5.93. The number of carbonyl (C=O) groups is 1. The summed E-state index contributed by atoms with van der Waals surface area (Å²) >= 11 is 0. The van der Waals surface area contributed by atoms with Crippen LogP contribution in [0.2, 0.25) is 0 Å². The minimum Gasteiger partial charge on any atom is -0.494 e. The molecule has 1 amide bonds. The quantitative estimate of drug-likeness (QED) is 0.538. The molecule has 3 aromatic rings. The number of benzene rings is 2. The normalized spacial score (nSPS) is 12.6. The van der Waals surface area contributed by atoms with Crippen molar-refractivity contribution >= 4 is 5.91 Å². The monoisotopic (exact) mass is 447 g/mol. The standard InChI is InChI=1S/C23H24F3N3O3/c1-4-31-18-11-7-16(8-12-18)21-13-19(28-32-21)22(30)27-14-20(29(2)3)15-5-9-17(10-6-15)23(24,25)26/h5-13,20H,4,14H2,1-3H3,(H,27,30)/t20-/m1/s1. The molecule has 9 heteroatoms. The summed E-state index contributed by atoms with van der Waals surface area (Å²) in [7, 11) is 3.57. The molecule has 170 valence electrons. The molecule has 1 heterocycles. The fourth-order valence-corrected chi connectivity index (χ4v) is 3.17. The molecule has 32 heavy (non-hydrogen) atoms. The Kier molecular flexibility index (Phi) is 7.19. The van der Waals surface area contributed by atoms with Crippen LogP contribution in [0.15, 0.2) is 59.1 Å². The van der Waals surface area contributed by atoms with E-state index in [0.717, 1.165) is 23.4 Å². The zero-order chi connectivity index (χ0) is 23.3. The van der Waals surface area contributed by atoms with E-state index in [1.165, 1.54) is 18.2 Å². The number of carbonyl (C=O) groups excluding carboxylic acids is 1. The molecule has 0 fully saturated rings. The zero-order valence-corrected chi connectivity index (χ0v) is 17.9. The molecule has 0 spiro atoms. The van der Waals surface area contributed by atoms with Crippen LogP contribution >= 0.6 is 0 Å². The molecule has 1 aromatic heterocycles. The van der Waals surface area contributed by atoms with Crippen molar-refractivity contribution < 1.29 is 27.2 Å². The molecule has 0 aliphatic heterocycles. The number of ether oxygens (including phenoxy) is 1. The first-order valence-electron chi connectivity index (χ1n) is 10.0. The van der Waals surface area contributed by atoms with Gasteiger partial charge in [0.2, 0.25) is 0 Å². The predicted octanol–water partition coefficient (Wildman–Crippen LogP) is 4.79. The highest BCUT2D eigenvalue weighted by atomic mass is 19.4. The molecule has 0 saturated heterocycles. The van der Waals surface area contributed by atoms with E-state index in [4.69, 9.17) is 9.26 Å². The van der Waals surface area contributed by atoms with Gasteiger partial charge in [-0.05, 0) is 63.0 Å². The summed E-state index contributed by atoms with van der Waals surface area (Å²) < 4.78 is 49.1. The fraction of sp³-hybridized carbons (Fsp3) is 0.304. The van der Waals surface area contributed by atoms with Crippen LogP contribution in [0.1, 0.15) is 34.6 Å². The molecule has 0 radical (unpaired) electrons. The van der Waals surface area contributed by atoms with E-state index in [1.54, 1.807) is 38.4 Å². The zero-order valence-electron chi connectivity index (χ0n) is 17.9. The number of hydrogen-bond acceptors (Lipinski definition) is 5. The number of alkyl halides is 3. The van der Waals surface area contributed by atoms with E-state index >= 15 is 0 Å². The third kappa shape index (κ3) is 5.67. The summed E-state index contributed by atoms with van der Waals surface area (Å²) in [5.74, 6) is 0.724. The van der Waals surface area contributed by atoms with Crippen molar-refractivity contribution in [3.63, 3.8) is 0 Å². The largest absolute Gasteiger partial charge is 0.494 e. The number of halogens is 3. The molecular formula is C23H24F3N3O3. The van der Waals surface area contributed by atoms with Gasteiger partial charge in [0.25, 0.3) is 5.91 Å². The van der Waals surface area contributed by atoms with Crippen LogP contribution in [-0.4, -0.2) is 43.2 Å². The summed E-state index contributed by atoms with van der Waals surface area (Å²) in [6.45, 7) is 2.64. The SMILES string of the molecule is CCOc1ccc(-c2cc(C(=O)NC[C@H](c3ccc(C(F)(F)F)cc3)N(C)C)no2)cc1. The van der Waals surface area contributed by atoms with Gasteiger partial charge < -0.3 is 19.5 Å². The first-order valence-corrected chi connectivity index (χ1v) is 10.0. The van der Waals surface area contributed by atoms with E-state index in [2.05, 4.69) is 10.5 Å². The topological polar surface area (TPSA) is 67.6 Å². The van der Waals surface area contributed by atoms with Crippen LogP contribution in [0, 0.1) is 0 Å². The minimum absolute atomic E-state index is 0.110. The second-order valence-corrected chi connectivity index (χ2v) is 7.34. The van der Waals surface area contributed by atoms with Gasteiger partial charge in [-0.3, -0.25) is 4.79 Å². The molecule has 1 N–H and O–H groups in total. The summed E-state index contributed by atoms with van der Waals surface area (Å²) in [5.41, 5.74) is 0.792. The van der Waals surface area contributed by atoms with Crippen molar-refractivity contribution in [2.45, 2.75) is 19.1 Å². The number of amides is 1. The second-order valence-electron chi connectivity index (χ2n) is 7.34. The molecule has 0 bridgehead atoms. The smallest absolute Gasteiger partial charge is 0.416 e. The Balaban J connectivity index is 1.66. The number of aromatic nitrogens is 1. The predicted molar refractivity (Wildman–Crippen MR) is 113 cm³/mol. The van der Waals surface area contributed by atoms with Crippen molar-refractivity contribution in [2.75, 3.05) is 27.2 Å². The van der Waals surface area contributed by atoms with Crippen molar-refractivity contribution in [3.05, 3.63) is 71.4 Å². The Morgan fingerprint density at radius 2 is 1.78 bits per heavy atom. The lowest BCUT2D eigenvalue weighted by molar-refractivity contribution is -0.137. The number of rotatable bonds is 8. The maximum Gasteiger partial charge on any atom is 0.416 e. The van der Waals surface area contributed by atoms with Crippen LogP contribution in [0.3, 0.4) is 0 Å². The van der Waals surface area contributed by atoms with Gasteiger partial charge >= 0.3 is 6.18 Å². The molecule has 6 nitrogen and oxygen atoms in total. The van der Waals surface area contributed by atoms with E-state index in [1.807, 2.05) is 11.8 Å². The van der Waals surface area contributed by atoms with E-state index in [-0.39, 0.29) is 18.3 Å². The van der Waals surface area contributed by atoms with Crippen LogP contribution in [0.5, 0.6) is 5.75 Å². The van der Waals surface area contributed by atoms with Gasteiger partial charge in [0.05, 0.1) is 18.2 Å². The summed E-state index contributed by atoms with van der Waals surface area (Å²) in [5, 5.41) is 6.60. The first kappa shape index (κ1) is 23.3. The molecule has 0 aliphatic carbocycles. The number of likely N-dealkylation sites (N-methyl/N-ethyl adjacent to an activating group) is 1. The van der Waals surface area contributed by atoms with Gasteiger partial charge in [-0.2, -0.15) is 13.2 Å². The summed E-state index contributed by atoms with van der Waals surface area (Å²) in [4.78, 5) is 14.4. The third-order valence-electron chi connectivity index (χ3n) is 4.89. The second kappa shape index (κ2) is 9.86. The van der Waals surface area contributed by atoms with Crippen molar-refractivity contribution in [2.24, 2.45) is 0 Å². The molecule has 0 aliphatic rings. The average molecular weight is 447 g/mol. The van der Waals surface area contributed by atoms with Gasteiger partial charge in [0, 0.05) is 18.2 Å². The Morgan fingerprint density at radius 1 is 1.12 bits per heavy atom. The third-order valence-corrected chi connectivity index (χ3v) is 4.89. The number of nitrogens with zero attached hydrogens (tertiary/aromatic N) is 2. The average Bonchev–Trinajstić information content (AvgIpc) is 3.24. The van der Waals surface area contributed by atoms with E-state index < -0.39 is 17.6 Å². The van der Waals surface area contributed by atoms with E-state index in [0.29, 0.717) is 17.9 Å². The Bertz CT molecular complexity index is 1030. The molecule has 1 atom stereocenters. The number of hydrogen-bond donors (Lipinski definition) is 1. The molecule has 0 saturated carbocycles. The summed E-state index contributed by atoms with van der Waals surface area (Å²) in [6.07, 6.45) is -4.39. The molecular weight excluding hydrogens is 423 g/mol. The molecule has 0 unspecified atom stereocenters. The van der Waals surface area contributed by atoms with Crippen molar-refractivity contribution in [1.82, 2.24) is 15.4 Å². The summed E-state index contributed by atoms with van der Waals surface area (Å²) in [6, 6.07) is 13.3. The lowest BCUT2D eigenvalue weighted by atomic mass is 10.0. The van der Waals surface area contributed by atoms with E-state index in [9.17, 15) is 18.0 Å². The van der Waals surface area contributed by atoms with Crippen molar-refractivity contribution in [1.29, 1.82) is 0 Å². The Labute approximate surface area is 184 Å².